The molecule has 3 nitrogen and oxygen atoms in total. The molecule has 0 aliphatic rings. The van der Waals surface area contributed by atoms with E-state index in [-0.39, 0.29) is 11.6 Å². The lowest BCUT2D eigenvalue weighted by molar-refractivity contribution is 0.104. The Labute approximate surface area is 106 Å². The Balaban J connectivity index is 2.81. The number of hydrogen-bond acceptors (Lipinski definition) is 3. The topological polar surface area (TPSA) is 42.4 Å². The van der Waals surface area contributed by atoms with Gasteiger partial charge in [0.2, 0.25) is 9.76 Å². The summed E-state index contributed by atoms with van der Waals surface area (Å²) in [5, 5.41) is 9.24. The molecule has 17 heavy (non-hydrogen) atoms. The summed E-state index contributed by atoms with van der Waals surface area (Å²) in [5.41, 5.74) is 1.12. The van der Waals surface area contributed by atoms with Crippen LogP contribution in [0.5, 0.6) is 0 Å². The molecule has 0 aliphatic heterocycles. The molecule has 0 atom stereocenters. The number of pyridine rings is 1. The summed E-state index contributed by atoms with van der Waals surface area (Å²) in [6.45, 7) is 10.4. The molecule has 2 radical (unpaired) electrons. The van der Waals surface area contributed by atoms with Crippen molar-refractivity contribution in [1.29, 1.82) is 0 Å². The second kappa shape index (κ2) is 5.29. The molecule has 0 saturated carbocycles. The highest BCUT2D eigenvalue weighted by molar-refractivity contribution is 6.31. The Kier molecular flexibility index (Phi) is 4.46. The molecule has 0 unspecified atom stereocenters. The molecule has 1 heterocycles. The van der Waals surface area contributed by atoms with E-state index in [1.807, 2.05) is 32.0 Å². The van der Waals surface area contributed by atoms with Crippen molar-refractivity contribution in [2.45, 2.75) is 51.9 Å². The summed E-state index contributed by atoms with van der Waals surface area (Å²) < 4.78 is 5.96. The normalized spacial score (nSPS) is 12.8. The summed E-state index contributed by atoms with van der Waals surface area (Å²) in [4.78, 5) is 4.39. The Hall–Kier alpha value is -0.713. The molecular weight excluding hydrogens is 230 g/mol. The highest BCUT2D eigenvalue weighted by Crippen LogP contribution is 2.28. The molecule has 4 heteroatoms. The third-order valence-electron chi connectivity index (χ3n) is 2.20. The number of hydrogen-bond donors (Lipinski definition) is 1. The van der Waals surface area contributed by atoms with Gasteiger partial charge in [-0.25, -0.2) is 0 Å². The van der Waals surface area contributed by atoms with Crippen molar-refractivity contribution in [2.24, 2.45) is 0 Å². The molecule has 0 fully saturated rings. The second-order valence-electron chi connectivity index (χ2n) is 5.64. The molecule has 0 amide bonds. The van der Waals surface area contributed by atoms with E-state index in [9.17, 15) is 0 Å². The third-order valence-corrected chi connectivity index (χ3v) is 3.42. The zero-order valence-corrected chi connectivity index (χ0v) is 12.2. The molecule has 0 spiro atoms. The minimum absolute atomic E-state index is 0.0362. The molecule has 0 bridgehead atoms. The maximum atomic E-state index is 9.09. The molecule has 0 saturated heterocycles. The molecule has 1 aromatic heterocycles. The van der Waals surface area contributed by atoms with Crippen LogP contribution in [-0.2, 0) is 16.6 Å². The van der Waals surface area contributed by atoms with Gasteiger partial charge in [0.25, 0.3) is 0 Å². The lowest BCUT2D eigenvalue weighted by Gasteiger charge is -2.28. The second-order valence-corrected chi connectivity index (χ2v) is 7.54. The molecular formula is C13H21NO2Si. The standard InChI is InChI=1S/C13H21NO2Si/c1-12(2,3)17-16-13(4,5)11-8-6-7-10(9-15)14-11/h6-8,15H,9H2,1-5H3. The van der Waals surface area contributed by atoms with Crippen molar-refractivity contribution < 1.29 is 9.53 Å². The first kappa shape index (κ1) is 14.3. The fraction of sp³-hybridized carbons (Fsp3) is 0.615. The zero-order chi connectivity index (χ0) is 13.1. The molecule has 1 rings (SSSR count). The highest BCUT2D eigenvalue weighted by Gasteiger charge is 2.26. The lowest BCUT2D eigenvalue weighted by atomic mass is 10.0. The Morgan fingerprint density at radius 2 is 1.88 bits per heavy atom. The fourth-order valence-corrected chi connectivity index (χ4v) is 1.90. The van der Waals surface area contributed by atoms with Crippen LogP contribution in [-0.4, -0.2) is 19.9 Å². The first-order valence-corrected chi connectivity index (χ1v) is 6.68. The third kappa shape index (κ3) is 4.58. The van der Waals surface area contributed by atoms with Crippen molar-refractivity contribution in [3.63, 3.8) is 0 Å². The molecule has 0 aromatic carbocycles. The van der Waals surface area contributed by atoms with Crippen molar-refractivity contribution in [1.82, 2.24) is 4.98 Å². The largest absolute Gasteiger partial charge is 0.406 e. The first-order chi connectivity index (χ1) is 7.74. The van der Waals surface area contributed by atoms with Crippen LogP contribution in [0.3, 0.4) is 0 Å². The van der Waals surface area contributed by atoms with Gasteiger partial charge in [-0.15, -0.1) is 0 Å². The van der Waals surface area contributed by atoms with Crippen molar-refractivity contribution in [3.8, 4) is 0 Å². The summed E-state index contributed by atoms with van der Waals surface area (Å²) in [6, 6.07) is 5.65. The molecule has 1 N–H and O–H groups in total. The van der Waals surface area contributed by atoms with Crippen LogP contribution < -0.4 is 0 Å². The Morgan fingerprint density at radius 1 is 1.24 bits per heavy atom. The van der Waals surface area contributed by atoms with Gasteiger partial charge < -0.3 is 9.53 Å². The quantitative estimate of drug-likeness (QED) is 0.837. The van der Waals surface area contributed by atoms with Gasteiger partial charge >= 0.3 is 0 Å². The summed E-state index contributed by atoms with van der Waals surface area (Å²) >= 11 is 0. The lowest BCUT2D eigenvalue weighted by Crippen LogP contribution is -2.28. The van der Waals surface area contributed by atoms with Gasteiger partial charge in [-0.1, -0.05) is 26.8 Å². The van der Waals surface area contributed by atoms with E-state index in [1.165, 1.54) is 0 Å². The maximum absolute atomic E-state index is 9.09. The van der Waals surface area contributed by atoms with E-state index in [2.05, 4.69) is 25.8 Å². The summed E-state index contributed by atoms with van der Waals surface area (Å²) in [6.07, 6.45) is 0. The van der Waals surface area contributed by atoms with E-state index in [1.54, 1.807) is 0 Å². The van der Waals surface area contributed by atoms with E-state index >= 15 is 0 Å². The monoisotopic (exact) mass is 251 g/mol. The summed E-state index contributed by atoms with van der Waals surface area (Å²) in [7, 11) is 0.413. The number of rotatable bonds is 4. The zero-order valence-electron chi connectivity index (χ0n) is 11.2. The molecule has 94 valence electrons. The van der Waals surface area contributed by atoms with Gasteiger partial charge in [0.05, 0.1) is 23.6 Å². The average molecular weight is 251 g/mol. The van der Waals surface area contributed by atoms with E-state index in [0.717, 1.165) is 5.69 Å². The number of aliphatic hydroxyl groups excluding tert-OH is 1. The van der Waals surface area contributed by atoms with Crippen LogP contribution >= 0.6 is 0 Å². The van der Waals surface area contributed by atoms with E-state index in [4.69, 9.17) is 9.53 Å². The van der Waals surface area contributed by atoms with Gasteiger partial charge in [-0.2, -0.15) is 0 Å². The molecule has 1 aromatic rings. The average Bonchev–Trinajstić information content (AvgIpc) is 2.26. The Bertz CT molecular complexity index is 372. The van der Waals surface area contributed by atoms with Crippen LogP contribution in [0.25, 0.3) is 0 Å². The van der Waals surface area contributed by atoms with Gasteiger partial charge in [-0.3, -0.25) is 4.98 Å². The van der Waals surface area contributed by atoms with Gasteiger partial charge in [0, 0.05) is 0 Å². The summed E-state index contributed by atoms with van der Waals surface area (Å²) in [5.74, 6) is 0. The number of nitrogens with zero attached hydrogens (tertiary/aromatic N) is 1. The predicted octanol–water partition coefficient (Wildman–Crippen LogP) is 2.66. The van der Waals surface area contributed by atoms with E-state index in [0.29, 0.717) is 15.5 Å². The van der Waals surface area contributed by atoms with Crippen LogP contribution in [0, 0.1) is 0 Å². The van der Waals surface area contributed by atoms with Crippen LogP contribution in [0.1, 0.15) is 46.0 Å². The fourth-order valence-electron chi connectivity index (χ4n) is 1.24. The first-order valence-electron chi connectivity index (χ1n) is 5.77. The van der Waals surface area contributed by atoms with Crippen LogP contribution in [0.15, 0.2) is 18.2 Å². The highest BCUT2D eigenvalue weighted by atomic mass is 28.2. The maximum Gasteiger partial charge on any atom is 0.237 e. The predicted molar refractivity (Wildman–Crippen MR) is 69.7 cm³/mol. The minimum Gasteiger partial charge on any atom is -0.406 e. The number of aromatic nitrogens is 1. The van der Waals surface area contributed by atoms with Gasteiger partial charge in [0.15, 0.2) is 0 Å². The van der Waals surface area contributed by atoms with Crippen molar-refractivity contribution >= 4 is 9.76 Å². The van der Waals surface area contributed by atoms with Crippen molar-refractivity contribution in [3.05, 3.63) is 29.6 Å². The molecule has 0 aliphatic carbocycles. The van der Waals surface area contributed by atoms with Gasteiger partial charge in [-0.05, 0) is 31.0 Å². The smallest absolute Gasteiger partial charge is 0.237 e. The van der Waals surface area contributed by atoms with Crippen LogP contribution in [0.4, 0.5) is 0 Å². The van der Waals surface area contributed by atoms with E-state index < -0.39 is 5.60 Å². The van der Waals surface area contributed by atoms with Gasteiger partial charge in [0.1, 0.15) is 0 Å². The minimum atomic E-state index is -0.420. The van der Waals surface area contributed by atoms with Crippen molar-refractivity contribution in [2.75, 3.05) is 0 Å². The van der Waals surface area contributed by atoms with Crippen LogP contribution in [0.2, 0.25) is 5.04 Å². The number of aliphatic hydroxyl groups is 1. The SMILES string of the molecule is CC(C)(C)[Si]OC(C)(C)c1cccc(CO)n1. The Morgan fingerprint density at radius 3 is 2.41 bits per heavy atom.